The Morgan fingerprint density at radius 3 is 2.50 bits per heavy atom. The van der Waals surface area contributed by atoms with Gasteiger partial charge in [0.05, 0.1) is 34.5 Å². The summed E-state index contributed by atoms with van der Waals surface area (Å²) in [5.74, 6) is 0.898. The van der Waals surface area contributed by atoms with Gasteiger partial charge in [0.2, 0.25) is 0 Å². The van der Waals surface area contributed by atoms with E-state index in [1.54, 1.807) is 18.4 Å². The highest BCUT2D eigenvalue weighted by Crippen LogP contribution is 2.53. The van der Waals surface area contributed by atoms with Gasteiger partial charge >= 0.3 is 0 Å². The number of anilines is 1. The first-order valence-electron chi connectivity index (χ1n) is 12.1. The van der Waals surface area contributed by atoms with Gasteiger partial charge in [0.15, 0.2) is 0 Å². The molecule has 34 heavy (non-hydrogen) atoms. The number of fused-ring (bicyclic) bond motifs is 4. The minimum absolute atomic E-state index is 0.123. The Labute approximate surface area is 205 Å². The standard InChI is InChI=1S/C29H30N2O2S/c1-20-31-26-11-6-22(17-27(26)34-20)21-4-3-5-24(16-21)30-18-28-12-14-29(15-13-28,33-19-28)23-7-9-25(32-2)10-8-23/h3-11,16-17,30H,12-15,18-19H2,1-2H3. The molecule has 4 aromatic rings. The van der Waals surface area contributed by atoms with Crippen LogP contribution >= 0.6 is 11.3 Å². The number of aryl methyl sites for hydroxylation is 1. The lowest BCUT2D eigenvalue weighted by molar-refractivity contribution is -0.185. The zero-order chi connectivity index (χ0) is 23.2. The number of ether oxygens (including phenoxy) is 2. The Kier molecular flexibility index (Phi) is 5.34. The van der Waals surface area contributed by atoms with E-state index in [0.29, 0.717) is 0 Å². The fourth-order valence-corrected chi connectivity index (χ4v) is 6.44. The van der Waals surface area contributed by atoms with Crippen molar-refractivity contribution in [1.29, 1.82) is 0 Å². The van der Waals surface area contributed by atoms with E-state index in [-0.39, 0.29) is 11.0 Å². The largest absolute Gasteiger partial charge is 0.497 e. The normalized spacial score (nSPS) is 23.8. The number of aromatic nitrogens is 1. The molecule has 5 heteroatoms. The third kappa shape index (κ3) is 3.87. The van der Waals surface area contributed by atoms with Crippen LogP contribution in [0.1, 0.15) is 36.3 Å². The van der Waals surface area contributed by atoms with Gasteiger partial charge in [-0.25, -0.2) is 4.98 Å². The summed E-state index contributed by atoms with van der Waals surface area (Å²) in [5.41, 5.74) is 6.10. The molecule has 4 nitrogen and oxygen atoms in total. The van der Waals surface area contributed by atoms with Gasteiger partial charge in [-0.05, 0) is 85.7 Å². The molecule has 1 saturated carbocycles. The van der Waals surface area contributed by atoms with Crippen LogP contribution in [-0.4, -0.2) is 25.2 Å². The number of rotatable bonds is 6. The zero-order valence-electron chi connectivity index (χ0n) is 19.8. The average Bonchev–Trinajstić information content (AvgIpc) is 3.28. The van der Waals surface area contributed by atoms with Crippen LogP contribution in [0.25, 0.3) is 21.3 Å². The van der Waals surface area contributed by atoms with Gasteiger partial charge in [-0.3, -0.25) is 0 Å². The van der Waals surface area contributed by atoms with Crippen LogP contribution in [0.4, 0.5) is 5.69 Å². The number of nitrogens with zero attached hydrogens (tertiary/aromatic N) is 1. The van der Waals surface area contributed by atoms with E-state index in [4.69, 9.17) is 9.47 Å². The van der Waals surface area contributed by atoms with E-state index in [1.165, 1.54) is 39.9 Å². The van der Waals surface area contributed by atoms with Crippen molar-refractivity contribution in [2.24, 2.45) is 5.41 Å². The Morgan fingerprint density at radius 1 is 0.971 bits per heavy atom. The summed E-state index contributed by atoms with van der Waals surface area (Å²) in [4.78, 5) is 4.59. The summed E-state index contributed by atoms with van der Waals surface area (Å²) in [6.07, 6.45) is 4.53. The zero-order valence-corrected chi connectivity index (χ0v) is 20.6. The van der Waals surface area contributed by atoms with Gasteiger partial charge in [-0.15, -0.1) is 11.3 Å². The minimum atomic E-state index is -0.123. The number of nitrogens with one attached hydrogen (secondary N) is 1. The fourth-order valence-electron chi connectivity index (χ4n) is 5.58. The molecule has 3 aliphatic rings. The van der Waals surface area contributed by atoms with Gasteiger partial charge in [0.1, 0.15) is 5.75 Å². The smallest absolute Gasteiger partial charge is 0.118 e. The molecule has 0 atom stereocenters. The van der Waals surface area contributed by atoms with E-state index in [2.05, 4.69) is 71.8 Å². The molecular formula is C29H30N2O2S. The molecule has 0 amide bonds. The maximum atomic E-state index is 6.57. The van der Waals surface area contributed by atoms with Crippen LogP contribution in [0.5, 0.6) is 5.75 Å². The Balaban J connectivity index is 1.14. The molecule has 2 saturated heterocycles. The van der Waals surface area contributed by atoms with E-state index in [1.807, 2.05) is 12.1 Å². The highest BCUT2D eigenvalue weighted by atomic mass is 32.1. The van der Waals surface area contributed by atoms with Crippen LogP contribution in [0, 0.1) is 12.3 Å². The Bertz CT molecular complexity index is 1300. The van der Waals surface area contributed by atoms with Crippen LogP contribution in [0.15, 0.2) is 66.7 Å². The summed E-state index contributed by atoms with van der Waals surface area (Å²) < 4.78 is 13.1. The van der Waals surface area contributed by atoms with E-state index >= 15 is 0 Å². The molecule has 174 valence electrons. The van der Waals surface area contributed by atoms with Gasteiger partial charge in [-0.1, -0.05) is 30.3 Å². The van der Waals surface area contributed by atoms with E-state index < -0.39 is 0 Å². The van der Waals surface area contributed by atoms with Crippen LogP contribution < -0.4 is 10.1 Å². The molecule has 1 aromatic heterocycles. The Morgan fingerprint density at radius 2 is 1.76 bits per heavy atom. The van der Waals surface area contributed by atoms with Crippen molar-refractivity contribution in [2.75, 3.05) is 25.6 Å². The lowest BCUT2D eigenvalue weighted by atomic mass is 9.64. The van der Waals surface area contributed by atoms with Crippen LogP contribution in [0.3, 0.4) is 0 Å². The molecule has 7 rings (SSSR count). The van der Waals surface area contributed by atoms with E-state index in [0.717, 1.165) is 42.3 Å². The summed E-state index contributed by atoms with van der Waals surface area (Å²) in [6.45, 7) is 3.82. The Hall–Kier alpha value is -2.89. The molecule has 2 bridgehead atoms. The third-order valence-electron chi connectivity index (χ3n) is 7.75. The average molecular weight is 471 g/mol. The van der Waals surface area contributed by atoms with Crippen molar-refractivity contribution in [1.82, 2.24) is 4.98 Å². The highest BCUT2D eigenvalue weighted by molar-refractivity contribution is 7.18. The lowest BCUT2D eigenvalue weighted by Gasteiger charge is -2.53. The molecule has 3 fully saturated rings. The summed E-state index contributed by atoms with van der Waals surface area (Å²) in [6, 6.07) is 23.8. The number of benzene rings is 3. The first kappa shape index (κ1) is 21.6. The highest BCUT2D eigenvalue weighted by Gasteiger charge is 2.50. The van der Waals surface area contributed by atoms with Crippen molar-refractivity contribution in [3.8, 4) is 16.9 Å². The summed E-state index contributed by atoms with van der Waals surface area (Å²) in [7, 11) is 1.71. The second-order valence-corrected chi connectivity index (χ2v) is 11.1. The second kappa shape index (κ2) is 8.40. The van der Waals surface area contributed by atoms with Crippen molar-refractivity contribution in [3.05, 3.63) is 77.3 Å². The van der Waals surface area contributed by atoms with Crippen molar-refractivity contribution in [2.45, 2.75) is 38.2 Å². The number of thiazole rings is 1. The maximum absolute atomic E-state index is 6.57. The third-order valence-corrected chi connectivity index (χ3v) is 8.68. The van der Waals surface area contributed by atoms with Crippen molar-refractivity contribution in [3.63, 3.8) is 0 Å². The molecule has 0 radical (unpaired) electrons. The van der Waals surface area contributed by atoms with Crippen molar-refractivity contribution >= 4 is 27.2 Å². The van der Waals surface area contributed by atoms with Gasteiger partial charge < -0.3 is 14.8 Å². The summed E-state index contributed by atoms with van der Waals surface area (Å²) in [5, 5.41) is 4.85. The predicted molar refractivity (Wildman–Crippen MR) is 140 cm³/mol. The minimum Gasteiger partial charge on any atom is -0.497 e. The molecule has 0 unspecified atom stereocenters. The molecule has 1 N–H and O–H groups in total. The number of hydrogen-bond acceptors (Lipinski definition) is 5. The maximum Gasteiger partial charge on any atom is 0.118 e. The molecule has 1 aliphatic carbocycles. The number of methoxy groups -OCH3 is 1. The fraction of sp³-hybridized carbons (Fsp3) is 0.345. The SMILES string of the molecule is COc1ccc(C23CCC(CNc4cccc(-c5ccc6nc(C)sc6c5)c4)(CC2)CO3)cc1. The second-order valence-electron chi connectivity index (χ2n) is 9.86. The quantitative estimate of drug-likeness (QED) is 0.324. The van der Waals surface area contributed by atoms with Crippen LogP contribution in [0.2, 0.25) is 0 Å². The molecule has 0 spiro atoms. The van der Waals surface area contributed by atoms with Crippen molar-refractivity contribution < 1.29 is 9.47 Å². The van der Waals surface area contributed by atoms with Crippen LogP contribution in [-0.2, 0) is 10.3 Å². The predicted octanol–water partition coefficient (Wildman–Crippen LogP) is 7.18. The van der Waals surface area contributed by atoms with Gasteiger partial charge in [-0.2, -0.15) is 0 Å². The van der Waals surface area contributed by atoms with Gasteiger partial charge in [0.25, 0.3) is 0 Å². The first-order chi connectivity index (χ1) is 16.6. The monoisotopic (exact) mass is 470 g/mol. The van der Waals surface area contributed by atoms with Gasteiger partial charge in [0, 0.05) is 17.6 Å². The molecule has 2 aliphatic heterocycles. The van der Waals surface area contributed by atoms with E-state index in [9.17, 15) is 0 Å². The first-order valence-corrected chi connectivity index (χ1v) is 12.9. The number of hydrogen-bond donors (Lipinski definition) is 1. The molecule has 3 aromatic carbocycles. The topological polar surface area (TPSA) is 43.4 Å². The molecule has 3 heterocycles. The summed E-state index contributed by atoms with van der Waals surface area (Å²) >= 11 is 1.75. The molecular weight excluding hydrogens is 440 g/mol. The lowest BCUT2D eigenvalue weighted by Crippen LogP contribution is -2.51.